The topological polar surface area (TPSA) is 72.2 Å². The normalized spacial score (nSPS) is 12.0. The van der Waals surface area contributed by atoms with Crippen molar-refractivity contribution in [2.45, 2.75) is 52.6 Å². The van der Waals surface area contributed by atoms with Crippen molar-refractivity contribution in [3.8, 4) is 0 Å². The Labute approximate surface area is 197 Å². The third-order valence-corrected chi connectivity index (χ3v) is 5.49. The van der Waals surface area contributed by atoms with E-state index in [0.717, 1.165) is 29.9 Å². The van der Waals surface area contributed by atoms with Crippen molar-refractivity contribution < 1.29 is 23.5 Å². The number of furan rings is 1. The van der Waals surface area contributed by atoms with Gasteiger partial charge in [-0.1, -0.05) is 43.7 Å². The van der Waals surface area contributed by atoms with Crippen LogP contribution in [0.15, 0.2) is 46.9 Å². The summed E-state index contributed by atoms with van der Waals surface area (Å²) in [5, 5.41) is 0. The average Bonchev–Trinajstić information content (AvgIpc) is 3.23. The van der Waals surface area contributed by atoms with Crippen LogP contribution in [0.3, 0.4) is 0 Å². The van der Waals surface area contributed by atoms with Crippen molar-refractivity contribution in [1.82, 2.24) is 9.80 Å². The van der Waals surface area contributed by atoms with Crippen LogP contribution in [-0.4, -0.2) is 67.7 Å². The van der Waals surface area contributed by atoms with E-state index in [-0.39, 0.29) is 18.4 Å². The summed E-state index contributed by atoms with van der Waals surface area (Å²) < 4.78 is 16.3. The van der Waals surface area contributed by atoms with Gasteiger partial charge < -0.3 is 18.8 Å². The Bertz CT molecular complexity index is 836. The van der Waals surface area contributed by atoms with E-state index in [2.05, 4.69) is 12.1 Å². The summed E-state index contributed by atoms with van der Waals surface area (Å²) in [7, 11) is 1.62. The minimum Gasteiger partial charge on any atom is -0.465 e. The van der Waals surface area contributed by atoms with Crippen molar-refractivity contribution in [1.29, 1.82) is 0 Å². The van der Waals surface area contributed by atoms with Crippen molar-refractivity contribution >= 4 is 11.9 Å². The molecule has 0 spiro atoms. The van der Waals surface area contributed by atoms with Crippen LogP contribution in [0.2, 0.25) is 0 Å². The van der Waals surface area contributed by atoms with E-state index < -0.39 is 6.04 Å². The lowest BCUT2D eigenvalue weighted by Gasteiger charge is -2.31. The summed E-state index contributed by atoms with van der Waals surface area (Å²) in [6.45, 7) is 7.96. The summed E-state index contributed by atoms with van der Waals surface area (Å²) in [6, 6.07) is 13.4. The summed E-state index contributed by atoms with van der Waals surface area (Å²) in [5.74, 6) is 1.21. The minimum atomic E-state index is -0.476. The third-order valence-electron chi connectivity index (χ3n) is 5.49. The maximum Gasteiger partial charge on any atom is 0.323 e. The molecule has 1 aromatic heterocycles. The van der Waals surface area contributed by atoms with E-state index in [0.29, 0.717) is 39.3 Å². The second kappa shape index (κ2) is 14.5. The van der Waals surface area contributed by atoms with Gasteiger partial charge in [0.05, 0.1) is 26.3 Å². The fraction of sp³-hybridized carbons (Fsp3) is 0.538. The van der Waals surface area contributed by atoms with Gasteiger partial charge in [-0.2, -0.15) is 0 Å². The van der Waals surface area contributed by atoms with Gasteiger partial charge in [-0.25, -0.2) is 0 Å². The van der Waals surface area contributed by atoms with E-state index in [9.17, 15) is 9.59 Å². The number of hydrogen-bond donors (Lipinski definition) is 0. The zero-order chi connectivity index (χ0) is 24.1. The van der Waals surface area contributed by atoms with Crippen LogP contribution in [0.25, 0.3) is 0 Å². The van der Waals surface area contributed by atoms with Crippen molar-refractivity contribution in [3.63, 3.8) is 0 Å². The Morgan fingerprint density at radius 1 is 1.06 bits per heavy atom. The van der Waals surface area contributed by atoms with Crippen molar-refractivity contribution in [2.24, 2.45) is 0 Å². The summed E-state index contributed by atoms with van der Waals surface area (Å²) in [5.41, 5.74) is 1.16. The SMILES string of the molecule is CCC[C@H](C(=O)OCC)N(CCOC)CC(=O)N(CCc1ccccc1)Cc1ccc(C)o1. The van der Waals surface area contributed by atoms with E-state index in [1.54, 1.807) is 18.9 Å². The van der Waals surface area contributed by atoms with Crippen LogP contribution in [-0.2, 0) is 32.0 Å². The second-order valence-corrected chi connectivity index (χ2v) is 8.08. The largest absolute Gasteiger partial charge is 0.465 e. The molecule has 0 N–H and O–H groups in total. The molecule has 1 atom stereocenters. The lowest BCUT2D eigenvalue weighted by atomic mass is 10.1. The highest BCUT2D eigenvalue weighted by molar-refractivity contribution is 5.80. The van der Waals surface area contributed by atoms with Gasteiger partial charge in [0.15, 0.2) is 0 Å². The molecule has 0 aliphatic heterocycles. The minimum absolute atomic E-state index is 0.0542. The molecule has 0 unspecified atom stereocenters. The van der Waals surface area contributed by atoms with Gasteiger partial charge in [-0.3, -0.25) is 14.5 Å². The number of aryl methyl sites for hydroxylation is 1. The van der Waals surface area contributed by atoms with Crippen LogP contribution in [0.4, 0.5) is 0 Å². The number of ether oxygens (including phenoxy) is 2. The number of carbonyl (C=O) groups excluding carboxylic acids is 2. The van der Waals surface area contributed by atoms with E-state index >= 15 is 0 Å². The molecule has 2 aromatic rings. The molecule has 0 radical (unpaired) electrons. The van der Waals surface area contributed by atoms with Gasteiger partial charge in [-0.05, 0) is 44.4 Å². The van der Waals surface area contributed by atoms with Crippen LogP contribution in [0.1, 0.15) is 43.8 Å². The molecule has 0 aliphatic carbocycles. The third kappa shape index (κ3) is 9.02. The zero-order valence-electron chi connectivity index (χ0n) is 20.4. The zero-order valence-corrected chi connectivity index (χ0v) is 20.4. The Morgan fingerprint density at radius 2 is 1.82 bits per heavy atom. The lowest BCUT2D eigenvalue weighted by Crippen LogP contribution is -2.49. The maximum absolute atomic E-state index is 13.5. The fourth-order valence-electron chi connectivity index (χ4n) is 3.75. The number of rotatable bonds is 15. The lowest BCUT2D eigenvalue weighted by molar-refractivity contribution is -0.151. The molecule has 7 nitrogen and oxygen atoms in total. The van der Waals surface area contributed by atoms with Gasteiger partial charge in [0, 0.05) is 20.2 Å². The van der Waals surface area contributed by atoms with Gasteiger partial charge in [-0.15, -0.1) is 0 Å². The molecule has 0 saturated heterocycles. The van der Waals surface area contributed by atoms with Gasteiger partial charge in [0.1, 0.15) is 17.6 Å². The number of methoxy groups -OCH3 is 1. The quantitative estimate of drug-likeness (QED) is 0.378. The number of hydrogen-bond acceptors (Lipinski definition) is 6. The standard InChI is InChI=1S/C26H38N2O5/c1-5-10-24(26(30)32-6-2)27(17-18-31-4)20-25(29)28(19-23-14-13-21(3)33-23)16-15-22-11-8-7-9-12-22/h7-9,11-14,24H,5-6,10,15-20H2,1-4H3/t24-/m1/s1. The molecule has 33 heavy (non-hydrogen) atoms. The highest BCUT2D eigenvalue weighted by Gasteiger charge is 2.29. The summed E-state index contributed by atoms with van der Waals surface area (Å²) in [4.78, 5) is 29.8. The highest BCUT2D eigenvalue weighted by atomic mass is 16.5. The van der Waals surface area contributed by atoms with E-state index in [4.69, 9.17) is 13.9 Å². The van der Waals surface area contributed by atoms with Crippen LogP contribution < -0.4 is 0 Å². The molecule has 182 valence electrons. The Hall–Kier alpha value is -2.64. The fourth-order valence-corrected chi connectivity index (χ4v) is 3.75. The summed E-state index contributed by atoms with van der Waals surface area (Å²) in [6.07, 6.45) is 2.17. The molecule has 0 bridgehead atoms. The number of benzene rings is 1. The van der Waals surface area contributed by atoms with Gasteiger partial charge in [0.2, 0.25) is 5.91 Å². The van der Waals surface area contributed by atoms with E-state index in [1.807, 2.05) is 49.1 Å². The van der Waals surface area contributed by atoms with Crippen LogP contribution in [0, 0.1) is 6.92 Å². The first-order valence-electron chi connectivity index (χ1n) is 11.7. The molecule has 2 rings (SSSR count). The molecule has 0 saturated carbocycles. The van der Waals surface area contributed by atoms with Crippen LogP contribution in [0.5, 0.6) is 0 Å². The molecule has 1 amide bonds. The molecular formula is C26H38N2O5. The predicted octanol–water partition coefficient (Wildman–Crippen LogP) is 3.84. The smallest absolute Gasteiger partial charge is 0.323 e. The molecule has 1 heterocycles. The first-order chi connectivity index (χ1) is 16.0. The first kappa shape index (κ1) is 26.6. The Balaban J connectivity index is 2.18. The number of nitrogens with zero attached hydrogens (tertiary/aromatic N) is 2. The first-order valence-corrected chi connectivity index (χ1v) is 11.7. The number of carbonyl (C=O) groups is 2. The average molecular weight is 459 g/mol. The molecular weight excluding hydrogens is 420 g/mol. The molecule has 7 heteroatoms. The maximum atomic E-state index is 13.5. The van der Waals surface area contributed by atoms with E-state index in [1.165, 1.54) is 0 Å². The van der Waals surface area contributed by atoms with Gasteiger partial charge in [0.25, 0.3) is 0 Å². The Kier molecular flexibility index (Phi) is 11.7. The van der Waals surface area contributed by atoms with Crippen LogP contribution >= 0.6 is 0 Å². The number of amides is 1. The molecule has 0 aliphatic rings. The Morgan fingerprint density at radius 3 is 2.42 bits per heavy atom. The number of esters is 1. The second-order valence-electron chi connectivity index (χ2n) is 8.08. The monoisotopic (exact) mass is 458 g/mol. The molecule has 1 aromatic carbocycles. The summed E-state index contributed by atoms with van der Waals surface area (Å²) >= 11 is 0. The molecule has 0 fully saturated rings. The van der Waals surface area contributed by atoms with Crippen molar-refractivity contribution in [3.05, 3.63) is 59.5 Å². The van der Waals surface area contributed by atoms with Crippen molar-refractivity contribution in [2.75, 3.05) is 40.0 Å². The predicted molar refractivity (Wildman–Crippen MR) is 128 cm³/mol. The highest BCUT2D eigenvalue weighted by Crippen LogP contribution is 2.14. The van der Waals surface area contributed by atoms with Gasteiger partial charge >= 0.3 is 5.97 Å².